The first-order valence-corrected chi connectivity index (χ1v) is 8.24. The molecule has 1 N–H and O–H groups in total. The standard InChI is InChI=1S/C17H16Cl3NO3/c1-23-14-8-12(19)13(9-15(14)24-2)21-16(22)7-6-10-4-3-5-11(18)17(10)20/h3-5,8-9H,6-7H2,1-2H3,(H,21,22). The molecule has 0 aliphatic heterocycles. The first-order valence-electron chi connectivity index (χ1n) is 7.10. The summed E-state index contributed by atoms with van der Waals surface area (Å²) in [7, 11) is 3.03. The summed E-state index contributed by atoms with van der Waals surface area (Å²) in [6.45, 7) is 0. The lowest BCUT2D eigenvalue weighted by Gasteiger charge is -2.13. The van der Waals surface area contributed by atoms with Crippen LogP contribution in [-0.2, 0) is 11.2 Å². The minimum absolute atomic E-state index is 0.194. The van der Waals surface area contributed by atoms with E-state index in [0.717, 1.165) is 5.56 Å². The normalized spacial score (nSPS) is 10.4. The highest BCUT2D eigenvalue weighted by molar-refractivity contribution is 6.42. The molecule has 0 radical (unpaired) electrons. The van der Waals surface area contributed by atoms with Gasteiger partial charge in [-0.3, -0.25) is 4.79 Å². The van der Waals surface area contributed by atoms with E-state index in [1.807, 2.05) is 6.07 Å². The van der Waals surface area contributed by atoms with Gasteiger partial charge in [0.1, 0.15) is 0 Å². The van der Waals surface area contributed by atoms with E-state index in [1.165, 1.54) is 14.2 Å². The topological polar surface area (TPSA) is 47.6 Å². The summed E-state index contributed by atoms with van der Waals surface area (Å²) < 4.78 is 10.4. The highest BCUT2D eigenvalue weighted by Gasteiger charge is 2.13. The van der Waals surface area contributed by atoms with Crippen molar-refractivity contribution in [1.82, 2.24) is 0 Å². The number of nitrogens with one attached hydrogen (secondary N) is 1. The predicted octanol–water partition coefficient (Wildman–Crippen LogP) is 5.24. The molecule has 128 valence electrons. The van der Waals surface area contributed by atoms with E-state index < -0.39 is 0 Å². The van der Waals surface area contributed by atoms with Gasteiger partial charge in [-0.25, -0.2) is 0 Å². The third kappa shape index (κ3) is 4.47. The lowest BCUT2D eigenvalue weighted by atomic mass is 10.1. The van der Waals surface area contributed by atoms with Gasteiger partial charge in [-0.15, -0.1) is 0 Å². The molecule has 0 heterocycles. The number of amides is 1. The molecular formula is C17H16Cl3NO3. The monoisotopic (exact) mass is 387 g/mol. The first kappa shape index (κ1) is 18.7. The number of rotatable bonds is 6. The Balaban J connectivity index is 2.06. The maximum Gasteiger partial charge on any atom is 0.224 e. The number of halogens is 3. The van der Waals surface area contributed by atoms with Crippen molar-refractivity contribution >= 4 is 46.4 Å². The van der Waals surface area contributed by atoms with E-state index >= 15 is 0 Å². The van der Waals surface area contributed by atoms with Crippen molar-refractivity contribution in [2.24, 2.45) is 0 Å². The molecule has 4 nitrogen and oxygen atoms in total. The molecule has 0 spiro atoms. The van der Waals surface area contributed by atoms with E-state index in [-0.39, 0.29) is 12.3 Å². The summed E-state index contributed by atoms with van der Waals surface area (Å²) in [6, 6.07) is 8.55. The Morgan fingerprint density at radius 3 is 2.38 bits per heavy atom. The highest BCUT2D eigenvalue weighted by atomic mass is 35.5. The Kier molecular flexibility index (Phi) is 6.60. The van der Waals surface area contributed by atoms with Crippen LogP contribution in [0.25, 0.3) is 0 Å². The van der Waals surface area contributed by atoms with Crippen LogP contribution in [0.4, 0.5) is 5.69 Å². The van der Waals surface area contributed by atoms with Gasteiger partial charge in [0, 0.05) is 18.6 Å². The molecular weight excluding hydrogens is 373 g/mol. The van der Waals surface area contributed by atoms with Crippen LogP contribution in [0.5, 0.6) is 11.5 Å². The van der Waals surface area contributed by atoms with Gasteiger partial charge >= 0.3 is 0 Å². The number of carbonyl (C=O) groups excluding carboxylic acids is 1. The molecule has 2 rings (SSSR count). The number of carbonyl (C=O) groups is 1. The highest BCUT2D eigenvalue weighted by Crippen LogP contribution is 2.36. The molecule has 2 aromatic rings. The van der Waals surface area contributed by atoms with Crippen molar-refractivity contribution in [1.29, 1.82) is 0 Å². The van der Waals surface area contributed by atoms with Crippen LogP contribution in [0.3, 0.4) is 0 Å². The fourth-order valence-corrected chi connectivity index (χ4v) is 2.77. The fraction of sp³-hybridized carbons (Fsp3) is 0.235. The summed E-state index contributed by atoms with van der Waals surface area (Å²) in [5.74, 6) is 0.779. The van der Waals surface area contributed by atoms with Crippen molar-refractivity contribution in [3.63, 3.8) is 0 Å². The molecule has 0 aromatic heterocycles. The summed E-state index contributed by atoms with van der Waals surface area (Å²) >= 11 is 18.2. The lowest BCUT2D eigenvalue weighted by Crippen LogP contribution is -2.13. The molecule has 2 aromatic carbocycles. The molecule has 24 heavy (non-hydrogen) atoms. The molecule has 0 saturated heterocycles. The van der Waals surface area contributed by atoms with Crippen molar-refractivity contribution in [2.75, 3.05) is 19.5 Å². The van der Waals surface area contributed by atoms with Gasteiger partial charge in [-0.05, 0) is 18.1 Å². The van der Waals surface area contributed by atoms with Gasteiger partial charge in [0.15, 0.2) is 11.5 Å². The van der Waals surface area contributed by atoms with Crippen LogP contribution >= 0.6 is 34.8 Å². The van der Waals surface area contributed by atoms with E-state index in [1.54, 1.807) is 24.3 Å². The molecule has 0 aliphatic carbocycles. The first-order chi connectivity index (χ1) is 11.5. The predicted molar refractivity (Wildman–Crippen MR) is 98.0 cm³/mol. The van der Waals surface area contributed by atoms with Gasteiger partial charge in [-0.1, -0.05) is 46.9 Å². The summed E-state index contributed by atoms with van der Waals surface area (Å²) in [6.07, 6.45) is 0.709. The van der Waals surface area contributed by atoms with Crippen LogP contribution < -0.4 is 14.8 Å². The zero-order valence-corrected chi connectivity index (χ0v) is 15.4. The van der Waals surface area contributed by atoms with Crippen molar-refractivity contribution in [3.05, 3.63) is 51.0 Å². The second-order valence-electron chi connectivity index (χ2n) is 4.95. The average molecular weight is 389 g/mol. The number of hydrogen-bond donors (Lipinski definition) is 1. The molecule has 0 unspecified atom stereocenters. The summed E-state index contributed by atoms with van der Waals surface area (Å²) in [4.78, 5) is 12.2. The van der Waals surface area contributed by atoms with Crippen molar-refractivity contribution < 1.29 is 14.3 Å². The Labute approximate surface area is 155 Å². The quantitative estimate of drug-likeness (QED) is 0.736. The van der Waals surface area contributed by atoms with Crippen LogP contribution in [0.2, 0.25) is 15.1 Å². The van der Waals surface area contributed by atoms with Gasteiger partial charge < -0.3 is 14.8 Å². The molecule has 7 heteroatoms. The van der Waals surface area contributed by atoms with Crippen LogP contribution in [-0.4, -0.2) is 20.1 Å². The van der Waals surface area contributed by atoms with Crippen molar-refractivity contribution in [3.8, 4) is 11.5 Å². The second-order valence-corrected chi connectivity index (χ2v) is 6.14. The maximum atomic E-state index is 12.2. The average Bonchev–Trinajstić information content (AvgIpc) is 2.57. The zero-order chi connectivity index (χ0) is 17.7. The van der Waals surface area contributed by atoms with Crippen LogP contribution in [0.1, 0.15) is 12.0 Å². The number of methoxy groups -OCH3 is 2. The molecule has 0 bridgehead atoms. The number of benzene rings is 2. The van der Waals surface area contributed by atoms with E-state index in [4.69, 9.17) is 44.3 Å². The van der Waals surface area contributed by atoms with Gasteiger partial charge in [0.05, 0.1) is 35.0 Å². The van der Waals surface area contributed by atoms with E-state index in [9.17, 15) is 4.79 Å². The minimum atomic E-state index is -0.194. The summed E-state index contributed by atoms with van der Waals surface area (Å²) in [5.41, 5.74) is 1.27. The molecule has 0 aliphatic rings. The summed E-state index contributed by atoms with van der Waals surface area (Å²) in [5, 5.41) is 4.06. The number of hydrogen-bond acceptors (Lipinski definition) is 3. The number of anilines is 1. The molecule has 1 amide bonds. The van der Waals surface area contributed by atoms with Gasteiger partial charge in [0.2, 0.25) is 5.91 Å². The SMILES string of the molecule is COc1cc(Cl)c(NC(=O)CCc2cccc(Cl)c2Cl)cc1OC. The minimum Gasteiger partial charge on any atom is -0.493 e. The van der Waals surface area contributed by atoms with Crippen molar-refractivity contribution in [2.45, 2.75) is 12.8 Å². The molecule has 0 saturated carbocycles. The second kappa shape index (κ2) is 8.47. The third-order valence-electron chi connectivity index (χ3n) is 3.40. The molecule has 0 fully saturated rings. The Hall–Kier alpha value is -1.62. The fourth-order valence-electron chi connectivity index (χ4n) is 2.15. The van der Waals surface area contributed by atoms with Crippen LogP contribution in [0, 0.1) is 0 Å². The van der Waals surface area contributed by atoms with E-state index in [2.05, 4.69) is 5.32 Å². The largest absolute Gasteiger partial charge is 0.493 e. The number of ether oxygens (including phenoxy) is 2. The molecule has 0 atom stereocenters. The Morgan fingerprint density at radius 1 is 1.04 bits per heavy atom. The van der Waals surface area contributed by atoms with Gasteiger partial charge in [0.25, 0.3) is 0 Å². The third-order valence-corrected chi connectivity index (χ3v) is 4.57. The number of aryl methyl sites for hydroxylation is 1. The lowest BCUT2D eigenvalue weighted by molar-refractivity contribution is -0.116. The zero-order valence-electron chi connectivity index (χ0n) is 13.2. The van der Waals surface area contributed by atoms with Crippen LogP contribution in [0.15, 0.2) is 30.3 Å². The van der Waals surface area contributed by atoms with E-state index in [0.29, 0.717) is 38.7 Å². The maximum absolute atomic E-state index is 12.2. The Morgan fingerprint density at radius 2 is 1.71 bits per heavy atom. The smallest absolute Gasteiger partial charge is 0.224 e. The van der Waals surface area contributed by atoms with Gasteiger partial charge in [-0.2, -0.15) is 0 Å². The Bertz CT molecular complexity index is 750.